The number of hydrogen-bond donors (Lipinski definition) is 0. The Kier molecular flexibility index (Phi) is 5.73. The van der Waals surface area contributed by atoms with Gasteiger partial charge in [-0.25, -0.2) is 8.78 Å². The predicted molar refractivity (Wildman–Crippen MR) is 100 cm³/mol. The first kappa shape index (κ1) is 18.7. The number of nitrogens with zero attached hydrogens (tertiary/aromatic N) is 4. The van der Waals surface area contributed by atoms with Crippen LogP contribution in [0.25, 0.3) is 0 Å². The average molecular weight is 384 g/mol. The van der Waals surface area contributed by atoms with Crippen molar-refractivity contribution in [2.45, 2.75) is 26.2 Å². The molecule has 1 unspecified atom stereocenters. The van der Waals surface area contributed by atoms with E-state index in [1.54, 1.807) is 24.7 Å². The van der Waals surface area contributed by atoms with Crippen LogP contribution in [-0.4, -0.2) is 32.8 Å². The minimum Gasteiger partial charge on any atom is -0.376 e. The van der Waals surface area contributed by atoms with Gasteiger partial charge in [-0.2, -0.15) is 5.10 Å². The molecule has 3 aromatic rings. The molecular weight excluding hydrogens is 362 g/mol. The number of benzene rings is 1. The van der Waals surface area contributed by atoms with Crippen LogP contribution in [0.3, 0.4) is 0 Å². The second-order valence-corrected chi connectivity index (χ2v) is 7.17. The third kappa shape index (κ3) is 4.61. The first-order valence-corrected chi connectivity index (χ1v) is 9.31. The lowest BCUT2D eigenvalue weighted by Gasteiger charge is -2.24. The Morgan fingerprint density at radius 3 is 2.79 bits per heavy atom. The summed E-state index contributed by atoms with van der Waals surface area (Å²) in [6, 6.07) is 9.96. The third-order valence-corrected chi connectivity index (χ3v) is 4.87. The van der Waals surface area contributed by atoms with E-state index in [0.717, 1.165) is 29.9 Å². The summed E-state index contributed by atoms with van der Waals surface area (Å²) in [6.45, 7) is 3.90. The Morgan fingerprint density at radius 2 is 1.96 bits per heavy atom. The van der Waals surface area contributed by atoms with Gasteiger partial charge in [-0.15, -0.1) is 0 Å². The van der Waals surface area contributed by atoms with Crippen molar-refractivity contribution >= 4 is 0 Å². The molecule has 0 radical (unpaired) electrons. The molecule has 0 saturated heterocycles. The monoisotopic (exact) mass is 384 g/mol. The highest BCUT2D eigenvalue weighted by Crippen LogP contribution is 2.20. The molecule has 0 saturated carbocycles. The molecule has 2 aromatic heterocycles. The van der Waals surface area contributed by atoms with Gasteiger partial charge in [0.1, 0.15) is 0 Å². The molecule has 0 fully saturated rings. The summed E-state index contributed by atoms with van der Waals surface area (Å²) in [5.74, 6) is -1.39. The third-order valence-electron chi connectivity index (χ3n) is 4.87. The van der Waals surface area contributed by atoms with Crippen molar-refractivity contribution < 1.29 is 13.5 Å². The van der Waals surface area contributed by atoms with Gasteiger partial charge >= 0.3 is 0 Å². The van der Waals surface area contributed by atoms with Crippen molar-refractivity contribution in [3.05, 3.63) is 83.4 Å². The van der Waals surface area contributed by atoms with Crippen LogP contribution in [0.15, 0.2) is 55.0 Å². The summed E-state index contributed by atoms with van der Waals surface area (Å²) < 4.78 is 34.7. The number of pyridine rings is 1. The van der Waals surface area contributed by atoms with Gasteiger partial charge in [-0.3, -0.25) is 14.6 Å². The molecule has 1 aliphatic heterocycles. The molecule has 0 spiro atoms. The molecule has 7 heteroatoms. The molecule has 5 nitrogen and oxygen atoms in total. The van der Waals surface area contributed by atoms with E-state index in [0.29, 0.717) is 26.3 Å². The van der Waals surface area contributed by atoms with E-state index in [2.05, 4.69) is 15.0 Å². The zero-order valence-electron chi connectivity index (χ0n) is 15.5. The summed E-state index contributed by atoms with van der Waals surface area (Å²) in [5, 5.41) is 4.42. The maximum absolute atomic E-state index is 13.6. The molecule has 0 bridgehead atoms. The molecule has 1 aromatic carbocycles. The topological polar surface area (TPSA) is 43.2 Å². The van der Waals surface area contributed by atoms with Crippen molar-refractivity contribution in [1.29, 1.82) is 0 Å². The van der Waals surface area contributed by atoms with Gasteiger partial charge in [0, 0.05) is 50.7 Å². The second-order valence-electron chi connectivity index (χ2n) is 7.17. The van der Waals surface area contributed by atoms with Crippen molar-refractivity contribution in [1.82, 2.24) is 19.7 Å². The van der Waals surface area contributed by atoms with E-state index >= 15 is 0 Å². The summed E-state index contributed by atoms with van der Waals surface area (Å²) in [7, 11) is 0. The Morgan fingerprint density at radius 1 is 1.04 bits per heavy atom. The molecule has 1 atom stereocenters. The quantitative estimate of drug-likeness (QED) is 0.653. The average Bonchev–Trinajstić information content (AvgIpc) is 3.05. The van der Waals surface area contributed by atoms with Gasteiger partial charge in [-0.05, 0) is 35.4 Å². The fourth-order valence-corrected chi connectivity index (χ4v) is 3.57. The molecule has 0 aliphatic carbocycles. The SMILES string of the molecule is Fc1ccc(CN2Cc3ccnn3CC(COCc3cccnc3)C2)cc1F. The zero-order valence-corrected chi connectivity index (χ0v) is 15.5. The fraction of sp³-hybridized carbons (Fsp3) is 0.333. The molecule has 4 rings (SSSR count). The Balaban J connectivity index is 1.42. The molecule has 146 valence electrons. The summed E-state index contributed by atoms with van der Waals surface area (Å²) >= 11 is 0. The van der Waals surface area contributed by atoms with Crippen LogP contribution in [0.4, 0.5) is 8.78 Å². The molecule has 3 heterocycles. The highest BCUT2D eigenvalue weighted by molar-refractivity contribution is 5.18. The maximum Gasteiger partial charge on any atom is 0.159 e. The number of ether oxygens (including phenoxy) is 1. The van der Waals surface area contributed by atoms with Gasteiger partial charge in [-0.1, -0.05) is 12.1 Å². The lowest BCUT2D eigenvalue weighted by molar-refractivity contribution is 0.0655. The van der Waals surface area contributed by atoms with E-state index in [-0.39, 0.29) is 5.92 Å². The van der Waals surface area contributed by atoms with Gasteiger partial charge < -0.3 is 4.74 Å². The maximum atomic E-state index is 13.6. The van der Waals surface area contributed by atoms with E-state index in [4.69, 9.17) is 4.74 Å². The molecule has 28 heavy (non-hydrogen) atoms. The molecule has 0 N–H and O–H groups in total. The highest BCUT2D eigenvalue weighted by Gasteiger charge is 2.23. The normalized spacial score (nSPS) is 17.3. The lowest BCUT2D eigenvalue weighted by atomic mass is 10.1. The van der Waals surface area contributed by atoms with Crippen molar-refractivity contribution in [2.75, 3.05) is 13.2 Å². The largest absolute Gasteiger partial charge is 0.376 e. The Labute approximate surface area is 162 Å². The number of halogens is 2. The van der Waals surface area contributed by atoms with E-state index in [1.165, 1.54) is 12.1 Å². The zero-order chi connectivity index (χ0) is 19.3. The smallest absolute Gasteiger partial charge is 0.159 e. The van der Waals surface area contributed by atoms with Crippen LogP contribution >= 0.6 is 0 Å². The Hall–Kier alpha value is -2.64. The summed E-state index contributed by atoms with van der Waals surface area (Å²) in [5.41, 5.74) is 2.90. The highest BCUT2D eigenvalue weighted by atomic mass is 19.2. The first-order valence-electron chi connectivity index (χ1n) is 9.31. The van der Waals surface area contributed by atoms with Crippen LogP contribution in [0, 0.1) is 17.6 Å². The summed E-state index contributed by atoms with van der Waals surface area (Å²) in [4.78, 5) is 6.33. The van der Waals surface area contributed by atoms with Gasteiger partial charge in [0.05, 0.1) is 18.9 Å². The summed E-state index contributed by atoms with van der Waals surface area (Å²) in [6.07, 6.45) is 5.34. The van der Waals surface area contributed by atoms with Gasteiger partial charge in [0.15, 0.2) is 11.6 Å². The van der Waals surface area contributed by atoms with Crippen molar-refractivity contribution in [2.24, 2.45) is 5.92 Å². The second kappa shape index (κ2) is 8.58. The number of fused-ring (bicyclic) bond motifs is 1. The molecule has 0 amide bonds. The number of rotatable bonds is 6. The van der Waals surface area contributed by atoms with E-state index in [9.17, 15) is 8.78 Å². The number of aromatic nitrogens is 3. The molecular formula is C21H22F2N4O. The predicted octanol–water partition coefficient (Wildman–Crippen LogP) is 3.41. The van der Waals surface area contributed by atoms with Crippen LogP contribution < -0.4 is 0 Å². The van der Waals surface area contributed by atoms with Gasteiger partial charge in [0.2, 0.25) is 0 Å². The minimum absolute atomic E-state index is 0.239. The van der Waals surface area contributed by atoms with Crippen LogP contribution in [0.5, 0.6) is 0 Å². The van der Waals surface area contributed by atoms with E-state index < -0.39 is 11.6 Å². The standard InChI is InChI=1S/C21H22F2N4O/c22-20-4-3-16(8-21(20)23)10-26-11-18(12-27-19(13-26)5-7-25-27)15-28-14-17-2-1-6-24-9-17/h1-9,18H,10-15H2. The van der Waals surface area contributed by atoms with Crippen molar-refractivity contribution in [3.8, 4) is 0 Å². The number of hydrogen-bond acceptors (Lipinski definition) is 4. The van der Waals surface area contributed by atoms with Crippen molar-refractivity contribution in [3.63, 3.8) is 0 Å². The van der Waals surface area contributed by atoms with Crippen LogP contribution in [0.1, 0.15) is 16.8 Å². The van der Waals surface area contributed by atoms with Gasteiger partial charge in [0.25, 0.3) is 0 Å². The van der Waals surface area contributed by atoms with E-state index in [1.807, 2.05) is 22.9 Å². The molecule has 1 aliphatic rings. The lowest BCUT2D eigenvalue weighted by Crippen LogP contribution is -2.30. The minimum atomic E-state index is -0.820. The Bertz CT molecular complexity index is 916. The van der Waals surface area contributed by atoms with Crippen LogP contribution in [-0.2, 0) is 31.0 Å². The first-order chi connectivity index (χ1) is 13.7. The fourth-order valence-electron chi connectivity index (χ4n) is 3.57. The van der Waals surface area contributed by atoms with Crippen LogP contribution in [0.2, 0.25) is 0 Å².